The van der Waals surface area contributed by atoms with Crippen LogP contribution in [-0.2, 0) is 4.84 Å². The highest BCUT2D eigenvalue weighted by Crippen LogP contribution is 2.24. The minimum Gasteiger partial charge on any atom is -0.398 e. The quantitative estimate of drug-likeness (QED) is 0.581. The van der Waals surface area contributed by atoms with E-state index in [4.69, 9.17) is 10.6 Å². The van der Waals surface area contributed by atoms with E-state index in [0.717, 1.165) is 22.2 Å². The Morgan fingerprint density at radius 1 is 1.50 bits per heavy atom. The van der Waals surface area contributed by atoms with E-state index >= 15 is 0 Å². The van der Waals surface area contributed by atoms with Crippen molar-refractivity contribution in [1.82, 2.24) is 5.32 Å². The van der Waals surface area contributed by atoms with Crippen LogP contribution in [0.5, 0.6) is 0 Å². The maximum absolute atomic E-state index is 5.79. The fraction of sp³-hybridized carbons (Fsp3) is 0.222. The van der Waals surface area contributed by atoms with Crippen molar-refractivity contribution in [1.29, 1.82) is 0 Å². The average molecular weight is 209 g/mol. The van der Waals surface area contributed by atoms with Crippen LogP contribution in [0.3, 0.4) is 0 Å². The summed E-state index contributed by atoms with van der Waals surface area (Å²) in [6.45, 7) is 0.472. The number of nitrogens with zero attached hydrogens (tertiary/aromatic N) is 1. The van der Waals surface area contributed by atoms with Gasteiger partial charge in [-0.05, 0) is 12.1 Å². The Kier molecular flexibility index (Phi) is 2.78. The van der Waals surface area contributed by atoms with E-state index in [9.17, 15) is 0 Å². The average Bonchev–Trinajstić information content (AvgIpc) is 2.69. The van der Waals surface area contributed by atoms with Gasteiger partial charge in [0.1, 0.15) is 0 Å². The molecular weight excluding hydrogens is 198 g/mol. The topological polar surface area (TPSA) is 59.6 Å². The van der Waals surface area contributed by atoms with E-state index in [1.54, 1.807) is 11.8 Å². The van der Waals surface area contributed by atoms with Gasteiger partial charge >= 0.3 is 0 Å². The number of benzene rings is 1. The number of amidine groups is 1. The molecule has 2 rings (SSSR count). The largest absolute Gasteiger partial charge is 0.398 e. The molecule has 0 unspecified atom stereocenters. The van der Waals surface area contributed by atoms with E-state index in [-0.39, 0.29) is 0 Å². The van der Waals surface area contributed by atoms with Gasteiger partial charge in [-0.1, -0.05) is 17.3 Å². The molecular formula is C9H11N3OS. The monoisotopic (exact) mass is 209 g/mol. The van der Waals surface area contributed by atoms with Crippen molar-refractivity contribution < 1.29 is 4.84 Å². The van der Waals surface area contributed by atoms with Gasteiger partial charge in [0.2, 0.25) is 0 Å². The number of para-hydroxylation sites is 1. The molecule has 0 aliphatic carbocycles. The molecule has 0 aromatic heterocycles. The molecule has 14 heavy (non-hydrogen) atoms. The lowest BCUT2D eigenvalue weighted by atomic mass is 10.3. The zero-order chi connectivity index (χ0) is 9.80. The molecule has 0 saturated carbocycles. The normalized spacial score (nSPS) is 14.4. The number of hydrogen-bond acceptors (Lipinski definition) is 5. The van der Waals surface area contributed by atoms with Crippen LogP contribution in [0, 0.1) is 0 Å². The van der Waals surface area contributed by atoms with Crippen molar-refractivity contribution in [3.8, 4) is 0 Å². The second-order valence-corrected chi connectivity index (χ2v) is 3.83. The van der Waals surface area contributed by atoms with E-state index in [1.807, 2.05) is 24.3 Å². The second-order valence-electron chi connectivity index (χ2n) is 2.81. The van der Waals surface area contributed by atoms with Crippen LogP contribution >= 0.6 is 11.8 Å². The minimum absolute atomic E-state index is 0.472. The fourth-order valence-electron chi connectivity index (χ4n) is 1.09. The van der Waals surface area contributed by atoms with Crippen molar-refractivity contribution in [2.24, 2.45) is 5.16 Å². The number of nitrogens with two attached hydrogens (primary N) is 1. The lowest BCUT2D eigenvalue weighted by Crippen LogP contribution is -2.20. The standard InChI is InChI=1S/C9H11N3OS/c10-7-3-1-2-4-8(7)14-5-9-11-6-13-12-9/h1-4H,5-6,10H2,(H,11,12). The molecule has 5 heteroatoms. The lowest BCUT2D eigenvalue weighted by Gasteiger charge is -2.03. The molecule has 3 N–H and O–H groups in total. The van der Waals surface area contributed by atoms with Gasteiger partial charge in [0.15, 0.2) is 12.6 Å². The summed E-state index contributed by atoms with van der Waals surface area (Å²) in [6.07, 6.45) is 0. The summed E-state index contributed by atoms with van der Waals surface area (Å²) < 4.78 is 0. The summed E-state index contributed by atoms with van der Waals surface area (Å²) in [5.41, 5.74) is 6.60. The first-order valence-corrected chi connectivity index (χ1v) is 5.25. The molecule has 1 aliphatic rings. The van der Waals surface area contributed by atoms with Crippen LogP contribution in [0.4, 0.5) is 5.69 Å². The Hall–Kier alpha value is -1.36. The number of anilines is 1. The second kappa shape index (κ2) is 4.23. The van der Waals surface area contributed by atoms with Crippen LogP contribution in [0.2, 0.25) is 0 Å². The van der Waals surface area contributed by atoms with Crippen LogP contribution < -0.4 is 11.1 Å². The molecule has 74 valence electrons. The first-order chi connectivity index (χ1) is 6.86. The molecule has 1 aromatic carbocycles. The van der Waals surface area contributed by atoms with Gasteiger partial charge in [0.25, 0.3) is 0 Å². The first-order valence-electron chi connectivity index (χ1n) is 4.26. The fourth-order valence-corrected chi connectivity index (χ4v) is 1.95. The van der Waals surface area contributed by atoms with Crippen LogP contribution in [0.25, 0.3) is 0 Å². The smallest absolute Gasteiger partial charge is 0.188 e. The summed E-state index contributed by atoms with van der Waals surface area (Å²) >= 11 is 1.65. The van der Waals surface area contributed by atoms with Gasteiger partial charge < -0.3 is 15.9 Å². The highest BCUT2D eigenvalue weighted by atomic mass is 32.2. The van der Waals surface area contributed by atoms with E-state index in [2.05, 4.69) is 10.5 Å². The molecule has 0 bridgehead atoms. The highest BCUT2D eigenvalue weighted by Gasteiger charge is 2.07. The summed E-state index contributed by atoms with van der Waals surface area (Å²) in [5.74, 6) is 1.62. The van der Waals surface area contributed by atoms with Crippen molar-refractivity contribution in [2.45, 2.75) is 4.90 Å². The molecule has 0 spiro atoms. The van der Waals surface area contributed by atoms with Crippen LogP contribution in [0.15, 0.2) is 34.3 Å². The van der Waals surface area contributed by atoms with Crippen molar-refractivity contribution >= 4 is 23.3 Å². The van der Waals surface area contributed by atoms with Gasteiger partial charge in [-0.15, -0.1) is 11.8 Å². The maximum atomic E-state index is 5.79. The van der Waals surface area contributed by atoms with E-state index in [1.165, 1.54) is 0 Å². The summed E-state index contributed by atoms with van der Waals surface area (Å²) in [6, 6.07) is 7.78. The maximum Gasteiger partial charge on any atom is 0.188 e. The SMILES string of the molecule is Nc1ccccc1SCC1=NOCN1. The molecule has 0 amide bonds. The Labute approximate surface area is 86.5 Å². The Balaban J connectivity index is 1.94. The molecule has 0 atom stereocenters. The number of oxime groups is 1. The predicted octanol–water partition coefficient (Wildman–Crippen LogP) is 1.25. The van der Waals surface area contributed by atoms with Gasteiger partial charge in [-0.25, -0.2) is 0 Å². The molecule has 4 nitrogen and oxygen atoms in total. The molecule has 1 aromatic rings. The number of hydrogen-bond donors (Lipinski definition) is 2. The van der Waals surface area contributed by atoms with Crippen LogP contribution in [0.1, 0.15) is 0 Å². The molecule has 0 saturated heterocycles. The Morgan fingerprint density at radius 3 is 3.07 bits per heavy atom. The highest BCUT2D eigenvalue weighted by molar-refractivity contribution is 8.00. The van der Waals surface area contributed by atoms with Crippen molar-refractivity contribution in [2.75, 3.05) is 18.2 Å². The third-order valence-electron chi connectivity index (χ3n) is 1.80. The van der Waals surface area contributed by atoms with Crippen LogP contribution in [-0.4, -0.2) is 18.3 Å². The third kappa shape index (κ3) is 2.11. The molecule has 0 fully saturated rings. The zero-order valence-corrected chi connectivity index (χ0v) is 8.38. The Bertz CT molecular complexity index is 354. The summed E-state index contributed by atoms with van der Waals surface area (Å²) in [5, 5.41) is 6.84. The molecule has 0 radical (unpaired) electrons. The molecule has 1 aliphatic heterocycles. The molecule has 1 heterocycles. The van der Waals surface area contributed by atoms with E-state index < -0.39 is 0 Å². The number of nitrogens with one attached hydrogen (secondary N) is 1. The minimum atomic E-state index is 0.472. The van der Waals surface area contributed by atoms with Crippen molar-refractivity contribution in [3.63, 3.8) is 0 Å². The van der Waals surface area contributed by atoms with Gasteiger partial charge in [0.05, 0.1) is 5.75 Å². The van der Waals surface area contributed by atoms with Gasteiger partial charge in [0, 0.05) is 10.6 Å². The number of nitrogen functional groups attached to an aromatic ring is 1. The zero-order valence-electron chi connectivity index (χ0n) is 7.56. The van der Waals surface area contributed by atoms with Gasteiger partial charge in [-0.2, -0.15) is 0 Å². The third-order valence-corrected chi connectivity index (χ3v) is 2.90. The van der Waals surface area contributed by atoms with E-state index in [0.29, 0.717) is 6.73 Å². The Morgan fingerprint density at radius 2 is 2.36 bits per heavy atom. The summed E-state index contributed by atoms with van der Waals surface area (Å²) in [7, 11) is 0. The summed E-state index contributed by atoms with van der Waals surface area (Å²) in [4.78, 5) is 5.88. The lowest BCUT2D eigenvalue weighted by molar-refractivity contribution is 0.164. The first kappa shape index (κ1) is 9.21. The van der Waals surface area contributed by atoms with Gasteiger partial charge in [-0.3, -0.25) is 0 Å². The van der Waals surface area contributed by atoms with Crippen molar-refractivity contribution in [3.05, 3.63) is 24.3 Å². The number of rotatable bonds is 3. The predicted molar refractivity (Wildman–Crippen MR) is 58.1 cm³/mol. The number of thioether (sulfide) groups is 1.